The Morgan fingerprint density at radius 3 is 2.23 bits per heavy atom. The molecule has 1 fully saturated rings. The summed E-state index contributed by atoms with van der Waals surface area (Å²) in [5.74, 6) is -2.13. The highest BCUT2D eigenvalue weighted by Crippen LogP contribution is 2.25. The second-order valence-corrected chi connectivity index (χ2v) is 5.99. The van der Waals surface area contributed by atoms with Gasteiger partial charge in [0.05, 0.1) is 6.61 Å². The number of hydrogen-bond donors (Lipinski definition) is 0. The van der Waals surface area contributed by atoms with Crippen LogP contribution in [0.15, 0.2) is 0 Å². The van der Waals surface area contributed by atoms with Gasteiger partial charge >= 0.3 is 17.9 Å². The number of carbonyl (C=O) groups is 3. The summed E-state index contributed by atoms with van der Waals surface area (Å²) < 4.78 is 47.9. The van der Waals surface area contributed by atoms with Gasteiger partial charge in [-0.05, 0) is 12.8 Å². The van der Waals surface area contributed by atoms with Crippen molar-refractivity contribution in [3.05, 3.63) is 0 Å². The molecular weight excluding hydrogens is 368 g/mol. The minimum atomic E-state index is -1.29. The molecule has 26 heavy (non-hydrogen) atoms. The summed E-state index contributed by atoms with van der Waals surface area (Å²) in [6, 6.07) is 0. The molecule has 0 saturated carbocycles. The molecule has 1 aliphatic rings. The molecule has 4 atom stereocenters. The third-order valence-electron chi connectivity index (χ3n) is 3.51. The normalized spacial score (nSPS) is 26.9. The van der Waals surface area contributed by atoms with Crippen LogP contribution in [0, 0.1) is 0 Å². The van der Waals surface area contributed by atoms with Gasteiger partial charge in [-0.1, -0.05) is 12.8 Å². The summed E-state index contributed by atoms with van der Waals surface area (Å²) >= 11 is 5.63. The van der Waals surface area contributed by atoms with Crippen molar-refractivity contribution in [3.8, 4) is 0 Å². The number of carbonyl (C=O) groups excluding carboxylic acids is 3. The number of hydrogen-bond acceptors (Lipinski definition) is 8. The molecule has 1 rings (SSSR count). The Labute approximate surface area is 162 Å². The Balaban J connectivity index is 2.87. The van der Waals surface area contributed by atoms with Crippen LogP contribution in [0.2, 0.25) is 0 Å². The maximum Gasteiger partial charge on any atom is 0.303 e. The lowest BCUT2D eigenvalue weighted by Crippen LogP contribution is -2.58. The summed E-state index contributed by atoms with van der Waals surface area (Å²) in [6.45, 7) is -1.97. The van der Waals surface area contributed by atoms with E-state index in [2.05, 4.69) is 0 Å². The SMILES string of the molecule is [2H]CC(=O)O[C@H]1[C@H](OC(=O)C[2H])COC(OCCCCCCCl)[C@@H]1OC(=O)C[2H]. The minimum absolute atomic E-state index is 0.215. The van der Waals surface area contributed by atoms with Crippen molar-refractivity contribution in [2.75, 3.05) is 19.1 Å². The van der Waals surface area contributed by atoms with E-state index in [0.717, 1.165) is 19.3 Å². The van der Waals surface area contributed by atoms with Gasteiger partial charge in [-0.3, -0.25) is 14.4 Å². The van der Waals surface area contributed by atoms with E-state index in [9.17, 15) is 14.4 Å². The Hall–Kier alpha value is -1.38. The molecule has 150 valence electrons. The third kappa shape index (κ3) is 8.33. The number of halogens is 1. The van der Waals surface area contributed by atoms with E-state index >= 15 is 0 Å². The molecule has 1 aliphatic heterocycles. The van der Waals surface area contributed by atoms with E-state index in [1.165, 1.54) is 0 Å². The zero-order valence-electron chi connectivity index (χ0n) is 17.5. The fourth-order valence-corrected chi connectivity index (χ4v) is 2.67. The van der Waals surface area contributed by atoms with Gasteiger partial charge < -0.3 is 23.7 Å². The maximum absolute atomic E-state index is 11.7. The van der Waals surface area contributed by atoms with Crippen molar-refractivity contribution in [3.63, 3.8) is 0 Å². The fraction of sp³-hybridized carbons (Fsp3) is 0.824. The van der Waals surface area contributed by atoms with E-state index in [-0.39, 0.29) is 13.2 Å². The summed E-state index contributed by atoms with van der Waals surface area (Å²) in [7, 11) is 0. The molecule has 0 radical (unpaired) electrons. The third-order valence-corrected chi connectivity index (χ3v) is 3.78. The predicted molar refractivity (Wildman–Crippen MR) is 91.5 cm³/mol. The molecule has 9 heteroatoms. The first-order valence-electron chi connectivity index (χ1n) is 10.3. The van der Waals surface area contributed by atoms with Gasteiger partial charge in [0.15, 0.2) is 24.6 Å². The molecule has 0 aromatic carbocycles. The number of ether oxygens (including phenoxy) is 5. The standard InChI is InChI=1S/C17H27ClO8/c1-11(19)24-14-10-23-17(22-9-7-5-4-6-8-18)16(26-13(3)21)15(14)25-12(2)20/h14-17H,4-10H2,1-3H3/t14-,15+,16-,17?/m1/s1/i1D,2D,3D. The van der Waals surface area contributed by atoms with E-state index in [4.69, 9.17) is 39.4 Å². The van der Waals surface area contributed by atoms with Crippen LogP contribution in [0.1, 0.15) is 50.5 Å². The van der Waals surface area contributed by atoms with Crippen LogP contribution in [0.4, 0.5) is 0 Å². The molecule has 0 spiro atoms. The lowest BCUT2D eigenvalue weighted by atomic mass is 10.0. The predicted octanol–water partition coefficient (Wildman–Crippen LogP) is 1.95. The molecule has 1 heterocycles. The van der Waals surface area contributed by atoms with Crippen molar-refractivity contribution in [1.82, 2.24) is 0 Å². The minimum Gasteiger partial charge on any atom is -0.456 e. The van der Waals surface area contributed by atoms with Gasteiger partial charge in [-0.25, -0.2) is 0 Å². The van der Waals surface area contributed by atoms with Crippen molar-refractivity contribution in [1.29, 1.82) is 0 Å². The smallest absolute Gasteiger partial charge is 0.303 e. The second kappa shape index (κ2) is 12.1. The molecule has 0 aromatic heterocycles. The number of unbranched alkanes of at least 4 members (excludes halogenated alkanes) is 3. The van der Waals surface area contributed by atoms with Gasteiger partial charge in [0.25, 0.3) is 0 Å². The molecule has 8 nitrogen and oxygen atoms in total. The molecule has 0 bridgehead atoms. The van der Waals surface area contributed by atoms with E-state index in [1.807, 2.05) is 0 Å². The highest BCUT2D eigenvalue weighted by Gasteiger charge is 2.47. The lowest BCUT2D eigenvalue weighted by molar-refractivity contribution is -0.281. The van der Waals surface area contributed by atoms with Crippen LogP contribution in [-0.4, -0.2) is 61.6 Å². The van der Waals surface area contributed by atoms with Crippen LogP contribution in [0.5, 0.6) is 0 Å². The Bertz CT molecular complexity index is 525. The summed E-state index contributed by atoms with van der Waals surface area (Å²) in [6.07, 6.45) is -1.42. The van der Waals surface area contributed by atoms with Crippen molar-refractivity contribution >= 4 is 29.5 Å². The highest BCUT2D eigenvalue weighted by atomic mass is 35.5. The second-order valence-electron chi connectivity index (χ2n) is 5.61. The van der Waals surface area contributed by atoms with Crippen LogP contribution < -0.4 is 0 Å². The van der Waals surface area contributed by atoms with Crippen molar-refractivity contribution in [2.24, 2.45) is 0 Å². The average Bonchev–Trinajstić information content (AvgIpc) is 2.73. The summed E-state index contributed by atoms with van der Waals surface area (Å²) in [5, 5.41) is 0. The number of esters is 3. The molecule has 0 N–H and O–H groups in total. The topological polar surface area (TPSA) is 97.4 Å². The summed E-state index contributed by atoms with van der Waals surface area (Å²) in [4.78, 5) is 34.9. The molecule has 1 saturated heterocycles. The van der Waals surface area contributed by atoms with Gasteiger partial charge in [-0.2, -0.15) is 0 Å². The first-order valence-corrected chi connectivity index (χ1v) is 8.75. The zero-order chi connectivity index (χ0) is 21.6. The largest absolute Gasteiger partial charge is 0.456 e. The van der Waals surface area contributed by atoms with Gasteiger partial charge in [-0.15, -0.1) is 11.6 Å². The van der Waals surface area contributed by atoms with Crippen molar-refractivity contribution in [2.45, 2.75) is 71.0 Å². The first-order chi connectivity index (χ1) is 14.0. The monoisotopic (exact) mass is 397 g/mol. The quantitative estimate of drug-likeness (QED) is 0.239. The number of rotatable bonds is 10. The van der Waals surface area contributed by atoms with E-state index < -0.39 is 63.2 Å². The van der Waals surface area contributed by atoms with Crippen LogP contribution in [-0.2, 0) is 38.1 Å². The van der Waals surface area contributed by atoms with Crippen LogP contribution >= 0.6 is 11.6 Å². The van der Waals surface area contributed by atoms with E-state index in [1.54, 1.807) is 0 Å². The zero-order valence-corrected chi connectivity index (χ0v) is 15.3. The Morgan fingerprint density at radius 1 is 0.962 bits per heavy atom. The van der Waals surface area contributed by atoms with Gasteiger partial charge in [0.1, 0.15) is 0 Å². The fourth-order valence-electron chi connectivity index (χ4n) is 2.48. The van der Waals surface area contributed by atoms with Gasteiger partial charge in [0, 0.05) is 37.3 Å². The molecule has 0 aliphatic carbocycles. The number of alkyl halides is 1. The highest BCUT2D eigenvalue weighted by molar-refractivity contribution is 6.17. The average molecular weight is 398 g/mol. The maximum atomic E-state index is 11.7. The van der Waals surface area contributed by atoms with Crippen molar-refractivity contribution < 1.29 is 42.2 Å². The first kappa shape index (κ1) is 18.0. The molecule has 0 amide bonds. The summed E-state index contributed by atoms with van der Waals surface area (Å²) in [5.41, 5.74) is 0. The van der Waals surface area contributed by atoms with E-state index in [0.29, 0.717) is 12.3 Å². The Morgan fingerprint density at radius 2 is 1.58 bits per heavy atom. The molecular formula is C17H27ClO8. The van der Waals surface area contributed by atoms with Crippen LogP contribution in [0.25, 0.3) is 0 Å². The molecule has 0 aromatic rings. The lowest BCUT2D eigenvalue weighted by Gasteiger charge is -2.40. The van der Waals surface area contributed by atoms with Crippen LogP contribution in [0.3, 0.4) is 0 Å². The Kier molecular flexibility index (Phi) is 8.37. The van der Waals surface area contributed by atoms with Gasteiger partial charge in [0.2, 0.25) is 0 Å². The molecule has 1 unspecified atom stereocenters.